The van der Waals surface area contributed by atoms with Gasteiger partial charge in [0.05, 0.1) is 5.56 Å². The average Bonchev–Trinajstić information content (AvgIpc) is 2.42. The third-order valence-electron chi connectivity index (χ3n) is 3.36. The minimum Gasteiger partial charge on any atom is -0.206 e. The fourth-order valence-corrected chi connectivity index (χ4v) is 2.24. The van der Waals surface area contributed by atoms with Crippen molar-refractivity contribution in [2.45, 2.75) is 25.9 Å². The molecule has 0 heterocycles. The Hall–Kier alpha value is -2.05. The van der Waals surface area contributed by atoms with E-state index < -0.39 is 40.9 Å². The maximum Gasteiger partial charge on any atom is 0.419 e. The van der Waals surface area contributed by atoms with E-state index >= 15 is 0 Å². The molecule has 0 amide bonds. The maximum atomic E-state index is 13.7. The van der Waals surface area contributed by atoms with Gasteiger partial charge in [0.1, 0.15) is 5.82 Å². The molecule has 7 heteroatoms. The first-order valence-electron chi connectivity index (χ1n) is 6.58. The molecule has 0 aliphatic carbocycles. The quantitative estimate of drug-likeness (QED) is 0.462. The number of benzene rings is 2. The summed E-state index contributed by atoms with van der Waals surface area (Å²) in [4.78, 5) is 0. The monoisotopic (exact) mass is 336 g/mol. The van der Waals surface area contributed by atoms with Gasteiger partial charge in [0.25, 0.3) is 0 Å². The predicted molar refractivity (Wildman–Crippen MR) is 70.8 cm³/mol. The Morgan fingerprint density at radius 1 is 0.783 bits per heavy atom. The highest BCUT2D eigenvalue weighted by atomic mass is 19.4. The van der Waals surface area contributed by atoms with Crippen LogP contribution in [0.15, 0.2) is 24.3 Å². The van der Waals surface area contributed by atoms with Crippen molar-refractivity contribution in [1.82, 2.24) is 0 Å². The lowest BCUT2D eigenvalue weighted by Crippen LogP contribution is -2.10. The summed E-state index contributed by atoms with van der Waals surface area (Å²) in [5, 5.41) is 0. The summed E-state index contributed by atoms with van der Waals surface area (Å²) in [6.45, 7) is 3.17. The second-order valence-corrected chi connectivity index (χ2v) is 5.33. The first-order chi connectivity index (χ1) is 10.5. The van der Waals surface area contributed by atoms with Crippen LogP contribution in [0, 0.1) is 23.3 Å². The Labute approximate surface area is 127 Å². The van der Waals surface area contributed by atoms with Crippen molar-refractivity contribution in [2.24, 2.45) is 0 Å². The van der Waals surface area contributed by atoms with E-state index in [1.807, 2.05) is 0 Å². The molecule has 0 fully saturated rings. The van der Waals surface area contributed by atoms with Crippen molar-refractivity contribution < 1.29 is 30.7 Å². The molecule has 0 saturated heterocycles. The molecule has 0 bridgehead atoms. The molecule has 0 atom stereocenters. The summed E-state index contributed by atoms with van der Waals surface area (Å²) >= 11 is 0. The Morgan fingerprint density at radius 3 is 1.74 bits per heavy atom. The highest BCUT2D eigenvalue weighted by Gasteiger charge is 2.35. The van der Waals surface area contributed by atoms with E-state index in [-0.39, 0.29) is 16.7 Å². The largest absolute Gasteiger partial charge is 0.419 e. The van der Waals surface area contributed by atoms with Crippen LogP contribution in [0.3, 0.4) is 0 Å². The lowest BCUT2D eigenvalue weighted by Gasteiger charge is -2.17. The fraction of sp³-hybridized carbons (Fsp3) is 0.250. The minimum absolute atomic E-state index is 0.126. The van der Waals surface area contributed by atoms with Crippen molar-refractivity contribution in [2.75, 3.05) is 0 Å². The topological polar surface area (TPSA) is 0 Å². The zero-order valence-electron chi connectivity index (χ0n) is 12.0. The zero-order chi connectivity index (χ0) is 17.5. The summed E-state index contributed by atoms with van der Waals surface area (Å²) in [7, 11) is 0. The van der Waals surface area contributed by atoms with Gasteiger partial charge in [-0.05, 0) is 46.9 Å². The Balaban J connectivity index is 2.79. The van der Waals surface area contributed by atoms with Crippen LogP contribution in [-0.4, -0.2) is 0 Å². The summed E-state index contributed by atoms with van der Waals surface area (Å²) in [5.74, 6) is -6.69. The average molecular weight is 336 g/mol. The van der Waals surface area contributed by atoms with Gasteiger partial charge < -0.3 is 0 Å². The normalized spacial score (nSPS) is 12.1. The van der Waals surface area contributed by atoms with Crippen LogP contribution in [0.25, 0.3) is 11.1 Å². The summed E-state index contributed by atoms with van der Waals surface area (Å²) in [6.07, 6.45) is -4.97. The van der Waals surface area contributed by atoms with Gasteiger partial charge in [-0.2, -0.15) is 13.2 Å². The van der Waals surface area contributed by atoms with Crippen LogP contribution in [0.1, 0.15) is 30.9 Å². The third-order valence-corrected chi connectivity index (χ3v) is 3.36. The number of hydrogen-bond donors (Lipinski definition) is 0. The van der Waals surface area contributed by atoms with Gasteiger partial charge in [-0.15, -0.1) is 0 Å². The summed E-state index contributed by atoms with van der Waals surface area (Å²) in [5.41, 5.74) is -1.93. The maximum absolute atomic E-state index is 13.7. The van der Waals surface area contributed by atoms with Crippen LogP contribution in [0.5, 0.6) is 0 Å². The molecule has 0 saturated carbocycles. The van der Waals surface area contributed by atoms with Crippen LogP contribution < -0.4 is 0 Å². The number of hydrogen-bond acceptors (Lipinski definition) is 0. The predicted octanol–water partition coefficient (Wildman–Crippen LogP) is 6.05. The van der Waals surface area contributed by atoms with E-state index in [1.54, 1.807) is 13.8 Å². The number of halogens is 7. The van der Waals surface area contributed by atoms with Gasteiger partial charge in [-0.1, -0.05) is 13.8 Å². The molecule has 2 rings (SSSR count). The van der Waals surface area contributed by atoms with Gasteiger partial charge in [-0.3, -0.25) is 0 Å². The minimum atomic E-state index is -4.97. The Morgan fingerprint density at radius 2 is 1.30 bits per heavy atom. The molecule has 0 aromatic heterocycles. The highest BCUT2D eigenvalue weighted by Crippen LogP contribution is 2.38. The molecule has 0 nitrogen and oxygen atoms in total. The second-order valence-electron chi connectivity index (χ2n) is 5.33. The summed E-state index contributed by atoms with van der Waals surface area (Å²) < 4.78 is 92.0. The first kappa shape index (κ1) is 17.3. The van der Waals surface area contributed by atoms with E-state index in [2.05, 4.69) is 0 Å². The van der Waals surface area contributed by atoms with E-state index in [0.29, 0.717) is 24.3 Å². The van der Waals surface area contributed by atoms with Gasteiger partial charge in [0.2, 0.25) is 0 Å². The Kier molecular flexibility index (Phi) is 4.41. The molecule has 0 spiro atoms. The van der Waals surface area contributed by atoms with Gasteiger partial charge in [0.15, 0.2) is 17.5 Å². The molecule has 0 radical (unpaired) electrons. The van der Waals surface area contributed by atoms with Crippen LogP contribution in [0.2, 0.25) is 0 Å². The second kappa shape index (κ2) is 5.86. The van der Waals surface area contributed by atoms with Crippen molar-refractivity contribution in [3.05, 3.63) is 58.7 Å². The molecule has 23 heavy (non-hydrogen) atoms. The van der Waals surface area contributed by atoms with Crippen molar-refractivity contribution in [1.29, 1.82) is 0 Å². The molecule has 0 aliphatic heterocycles. The Bertz CT molecular complexity index is 722. The molecule has 0 aliphatic rings. The number of alkyl halides is 3. The summed E-state index contributed by atoms with van der Waals surface area (Å²) in [6, 6.07) is 2.33. The number of rotatable bonds is 2. The smallest absolute Gasteiger partial charge is 0.206 e. The lowest BCUT2D eigenvalue weighted by atomic mass is 9.90. The third kappa shape index (κ3) is 3.33. The fourth-order valence-electron chi connectivity index (χ4n) is 2.24. The molecular formula is C16H11F7. The highest BCUT2D eigenvalue weighted by molar-refractivity contribution is 5.69. The molecule has 2 aromatic carbocycles. The molecule has 0 N–H and O–H groups in total. The van der Waals surface area contributed by atoms with E-state index in [9.17, 15) is 30.7 Å². The first-order valence-corrected chi connectivity index (χ1v) is 6.58. The van der Waals surface area contributed by atoms with Crippen LogP contribution >= 0.6 is 0 Å². The SMILES string of the molecule is CC(C)c1cc(F)c(C(F)(F)F)cc1-c1cc(F)c(F)c(F)c1. The molecule has 0 unspecified atom stereocenters. The van der Waals surface area contributed by atoms with Crippen molar-refractivity contribution >= 4 is 0 Å². The molecular weight excluding hydrogens is 325 g/mol. The van der Waals surface area contributed by atoms with E-state index in [0.717, 1.165) is 0 Å². The van der Waals surface area contributed by atoms with Gasteiger partial charge in [0, 0.05) is 0 Å². The van der Waals surface area contributed by atoms with E-state index in [4.69, 9.17) is 0 Å². The van der Waals surface area contributed by atoms with Crippen molar-refractivity contribution in [3.8, 4) is 11.1 Å². The van der Waals surface area contributed by atoms with E-state index in [1.165, 1.54) is 0 Å². The molecule has 124 valence electrons. The zero-order valence-corrected chi connectivity index (χ0v) is 12.0. The van der Waals surface area contributed by atoms with Gasteiger partial charge in [-0.25, -0.2) is 17.6 Å². The standard InChI is InChI=1S/C16H11F7/c1-7(2)9-6-12(17)11(16(21,22)23)5-10(9)8-3-13(18)15(20)14(19)4-8/h3-7H,1-2H3. The van der Waals surface area contributed by atoms with Crippen molar-refractivity contribution in [3.63, 3.8) is 0 Å². The molecule has 2 aromatic rings. The van der Waals surface area contributed by atoms with Crippen LogP contribution in [-0.2, 0) is 6.18 Å². The lowest BCUT2D eigenvalue weighted by molar-refractivity contribution is -0.139. The van der Waals surface area contributed by atoms with Crippen LogP contribution in [0.4, 0.5) is 30.7 Å². The van der Waals surface area contributed by atoms with Gasteiger partial charge >= 0.3 is 6.18 Å².